The van der Waals surface area contributed by atoms with Gasteiger partial charge in [-0.3, -0.25) is 9.59 Å². The van der Waals surface area contributed by atoms with E-state index in [0.29, 0.717) is 23.4 Å². The van der Waals surface area contributed by atoms with Gasteiger partial charge in [0.05, 0.1) is 5.69 Å². The molecule has 0 aliphatic heterocycles. The molecular weight excluding hydrogens is 400 g/mol. The molecule has 2 amide bonds. The van der Waals surface area contributed by atoms with Crippen molar-refractivity contribution in [3.05, 3.63) is 108 Å². The fraction of sp³-hybridized carbons (Fsp3) is 0.0385. The van der Waals surface area contributed by atoms with Gasteiger partial charge in [-0.2, -0.15) is 0 Å². The third-order valence-electron chi connectivity index (χ3n) is 5.14. The maximum absolute atomic E-state index is 12.7. The van der Waals surface area contributed by atoms with Crippen LogP contribution >= 0.6 is 0 Å². The number of amides is 2. The van der Waals surface area contributed by atoms with Crippen LogP contribution in [0.1, 0.15) is 21.5 Å². The molecule has 0 fully saturated rings. The summed E-state index contributed by atoms with van der Waals surface area (Å²) in [7, 11) is 0. The molecule has 6 heteroatoms. The minimum Gasteiger partial charge on any atom is -0.382 e. The van der Waals surface area contributed by atoms with E-state index >= 15 is 0 Å². The maximum atomic E-state index is 12.7. The Morgan fingerprint density at radius 3 is 2.44 bits per heavy atom. The van der Waals surface area contributed by atoms with Gasteiger partial charge in [-0.05, 0) is 46.2 Å². The van der Waals surface area contributed by atoms with Crippen molar-refractivity contribution < 1.29 is 9.59 Å². The van der Waals surface area contributed by atoms with Gasteiger partial charge in [0, 0.05) is 23.9 Å². The van der Waals surface area contributed by atoms with E-state index in [-0.39, 0.29) is 17.6 Å². The number of nitrogens with zero attached hydrogens (tertiary/aromatic N) is 1. The molecule has 6 nitrogen and oxygen atoms in total. The second kappa shape index (κ2) is 9.14. The van der Waals surface area contributed by atoms with Gasteiger partial charge in [-0.25, -0.2) is 4.98 Å². The summed E-state index contributed by atoms with van der Waals surface area (Å²) in [6.07, 6.45) is 1.56. The lowest BCUT2D eigenvalue weighted by Crippen LogP contribution is -2.23. The molecule has 0 aliphatic rings. The lowest BCUT2D eigenvalue weighted by molar-refractivity contribution is -0.115. The fourth-order valence-corrected chi connectivity index (χ4v) is 3.39. The van der Waals surface area contributed by atoms with Crippen LogP contribution in [0.2, 0.25) is 0 Å². The molecule has 0 unspecified atom stereocenters. The second-order valence-corrected chi connectivity index (χ2v) is 7.28. The molecule has 1 aromatic heterocycles. The van der Waals surface area contributed by atoms with E-state index in [0.717, 1.165) is 21.9 Å². The van der Waals surface area contributed by atoms with E-state index in [4.69, 9.17) is 5.73 Å². The number of benzene rings is 3. The van der Waals surface area contributed by atoms with E-state index < -0.39 is 0 Å². The number of nitrogen functional groups attached to an aromatic ring is 1. The van der Waals surface area contributed by atoms with Crippen molar-refractivity contribution in [1.29, 1.82) is 0 Å². The van der Waals surface area contributed by atoms with Crippen LogP contribution in [0.15, 0.2) is 91.6 Å². The summed E-state index contributed by atoms with van der Waals surface area (Å²) < 4.78 is 0. The standard InChI is InChI=1S/C26H22N4O2/c1-17(21-9-4-7-19-6-2-3-8-22(19)21)25(31)29-16-18-11-13-20(14-12-18)26(32)30-23-10-5-15-28-24(23)27/h2-15H,1,16H2,(H2,27,28)(H,29,31)(H,30,32). The van der Waals surface area contributed by atoms with Gasteiger partial charge < -0.3 is 16.4 Å². The lowest BCUT2D eigenvalue weighted by atomic mass is 9.99. The zero-order valence-electron chi connectivity index (χ0n) is 17.3. The zero-order chi connectivity index (χ0) is 22.5. The molecule has 0 bridgehead atoms. The number of nitrogens with two attached hydrogens (primary N) is 1. The molecule has 0 saturated heterocycles. The molecule has 0 aliphatic carbocycles. The highest BCUT2D eigenvalue weighted by atomic mass is 16.2. The molecule has 0 atom stereocenters. The monoisotopic (exact) mass is 422 g/mol. The first kappa shape index (κ1) is 20.8. The number of aromatic nitrogens is 1. The summed E-state index contributed by atoms with van der Waals surface area (Å²) in [4.78, 5) is 29.0. The van der Waals surface area contributed by atoms with Crippen molar-refractivity contribution in [2.75, 3.05) is 11.1 Å². The normalized spacial score (nSPS) is 10.5. The van der Waals surface area contributed by atoms with Crippen molar-refractivity contribution in [2.24, 2.45) is 0 Å². The van der Waals surface area contributed by atoms with Crippen LogP contribution in [0.4, 0.5) is 11.5 Å². The van der Waals surface area contributed by atoms with E-state index in [2.05, 4.69) is 22.2 Å². The first-order valence-electron chi connectivity index (χ1n) is 10.1. The van der Waals surface area contributed by atoms with Gasteiger partial charge in [0.25, 0.3) is 11.8 Å². The highest BCUT2D eigenvalue weighted by Crippen LogP contribution is 2.24. The first-order valence-corrected chi connectivity index (χ1v) is 10.1. The van der Waals surface area contributed by atoms with Gasteiger partial charge in [-0.1, -0.05) is 61.2 Å². The van der Waals surface area contributed by atoms with Crippen LogP contribution in [0, 0.1) is 0 Å². The van der Waals surface area contributed by atoms with E-state index in [9.17, 15) is 9.59 Å². The summed E-state index contributed by atoms with van der Waals surface area (Å²) in [5, 5.41) is 7.67. The average molecular weight is 422 g/mol. The van der Waals surface area contributed by atoms with Crippen LogP contribution < -0.4 is 16.4 Å². The van der Waals surface area contributed by atoms with Crippen LogP contribution in [0.5, 0.6) is 0 Å². The largest absolute Gasteiger partial charge is 0.382 e. The number of carbonyl (C=O) groups excluding carboxylic acids is 2. The molecule has 0 saturated carbocycles. The van der Waals surface area contributed by atoms with Crippen molar-refractivity contribution in [3.63, 3.8) is 0 Å². The van der Waals surface area contributed by atoms with Gasteiger partial charge in [0.2, 0.25) is 0 Å². The fourth-order valence-electron chi connectivity index (χ4n) is 3.39. The van der Waals surface area contributed by atoms with Crippen molar-refractivity contribution in [3.8, 4) is 0 Å². The van der Waals surface area contributed by atoms with Crippen molar-refractivity contribution in [1.82, 2.24) is 10.3 Å². The number of fused-ring (bicyclic) bond motifs is 1. The number of hydrogen-bond acceptors (Lipinski definition) is 4. The molecule has 32 heavy (non-hydrogen) atoms. The van der Waals surface area contributed by atoms with Gasteiger partial charge in [0.1, 0.15) is 5.82 Å². The molecule has 3 aromatic carbocycles. The van der Waals surface area contributed by atoms with Crippen LogP contribution in [-0.2, 0) is 11.3 Å². The third-order valence-corrected chi connectivity index (χ3v) is 5.14. The Morgan fingerprint density at radius 1 is 0.906 bits per heavy atom. The van der Waals surface area contributed by atoms with E-state index in [1.165, 1.54) is 0 Å². The number of pyridine rings is 1. The Bertz CT molecular complexity index is 1310. The predicted molar refractivity (Wildman–Crippen MR) is 128 cm³/mol. The van der Waals surface area contributed by atoms with Crippen LogP contribution in [0.25, 0.3) is 16.3 Å². The van der Waals surface area contributed by atoms with Crippen LogP contribution in [0.3, 0.4) is 0 Å². The highest BCUT2D eigenvalue weighted by molar-refractivity contribution is 6.22. The second-order valence-electron chi connectivity index (χ2n) is 7.28. The molecule has 0 spiro atoms. The Kier molecular flexibility index (Phi) is 5.94. The van der Waals surface area contributed by atoms with E-state index in [1.807, 2.05) is 42.5 Å². The summed E-state index contributed by atoms with van der Waals surface area (Å²) in [6, 6.07) is 24.1. The Balaban J connectivity index is 1.38. The van der Waals surface area contributed by atoms with Gasteiger partial charge in [0.15, 0.2) is 0 Å². The number of anilines is 2. The first-order chi connectivity index (χ1) is 15.5. The molecule has 4 aromatic rings. The number of rotatable bonds is 6. The number of nitrogens with one attached hydrogen (secondary N) is 2. The number of hydrogen-bond donors (Lipinski definition) is 3. The molecule has 158 valence electrons. The smallest absolute Gasteiger partial charge is 0.255 e. The summed E-state index contributed by atoms with van der Waals surface area (Å²) >= 11 is 0. The Morgan fingerprint density at radius 2 is 1.66 bits per heavy atom. The van der Waals surface area contributed by atoms with Crippen molar-refractivity contribution >= 4 is 39.7 Å². The lowest BCUT2D eigenvalue weighted by Gasteiger charge is -2.11. The van der Waals surface area contributed by atoms with Gasteiger partial charge in [-0.15, -0.1) is 0 Å². The Hall–Kier alpha value is -4.45. The molecule has 0 radical (unpaired) electrons. The maximum Gasteiger partial charge on any atom is 0.255 e. The minimum atomic E-state index is -0.287. The molecule has 4 rings (SSSR count). The topological polar surface area (TPSA) is 97.1 Å². The summed E-state index contributed by atoms with van der Waals surface area (Å²) in [6.45, 7) is 4.31. The van der Waals surface area contributed by atoms with Crippen LogP contribution in [-0.4, -0.2) is 16.8 Å². The van der Waals surface area contributed by atoms with Gasteiger partial charge >= 0.3 is 0 Å². The third kappa shape index (κ3) is 4.49. The summed E-state index contributed by atoms with van der Waals surface area (Å²) in [5.41, 5.74) is 8.78. The van der Waals surface area contributed by atoms with E-state index in [1.54, 1.807) is 42.6 Å². The van der Waals surface area contributed by atoms with Crippen molar-refractivity contribution in [2.45, 2.75) is 6.54 Å². The SMILES string of the molecule is C=C(C(=O)NCc1ccc(C(=O)Nc2cccnc2N)cc1)c1cccc2ccccc12. The average Bonchev–Trinajstić information content (AvgIpc) is 2.83. The number of carbonyl (C=O) groups is 2. The summed E-state index contributed by atoms with van der Waals surface area (Å²) in [5.74, 6) is -0.272. The quantitative estimate of drug-likeness (QED) is 0.401. The Labute approximate surface area is 185 Å². The predicted octanol–water partition coefficient (Wildman–Crippen LogP) is 4.40. The molecular formula is C26H22N4O2. The minimum absolute atomic E-state index is 0.241. The molecule has 4 N–H and O–H groups in total. The highest BCUT2D eigenvalue weighted by Gasteiger charge is 2.13. The zero-order valence-corrected chi connectivity index (χ0v) is 17.3. The molecule has 1 heterocycles.